The molecule has 0 aromatic heterocycles. The Bertz CT molecular complexity index is 847. The zero-order valence-electron chi connectivity index (χ0n) is 13.2. The van der Waals surface area contributed by atoms with Gasteiger partial charge in [-0.3, -0.25) is 0 Å². The first-order valence-electron chi connectivity index (χ1n) is 8.03. The van der Waals surface area contributed by atoms with E-state index in [1.807, 2.05) is 91.0 Å². The fraction of sp³-hybridized carbons (Fsp3) is 0.0952. The summed E-state index contributed by atoms with van der Waals surface area (Å²) in [5.74, 6) is 0. The van der Waals surface area contributed by atoms with Crippen molar-refractivity contribution in [3.05, 3.63) is 102 Å². The van der Waals surface area contributed by atoms with Crippen LogP contribution in [0.4, 0.5) is 5.69 Å². The van der Waals surface area contributed by atoms with E-state index in [0.717, 1.165) is 22.5 Å². The molecule has 0 radical (unpaired) electrons. The number of benzene rings is 3. The Morgan fingerprint density at radius 2 is 1.29 bits per heavy atom. The molecule has 0 saturated heterocycles. The van der Waals surface area contributed by atoms with Crippen LogP contribution in [0.5, 0.6) is 0 Å². The SMILES string of the molecule is OC1(c2ccccc2)CC(c2ccccc2)=NN1c1ccccc1. The van der Waals surface area contributed by atoms with Crippen LogP contribution in [0, 0.1) is 0 Å². The van der Waals surface area contributed by atoms with Crippen molar-refractivity contribution in [2.75, 3.05) is 5.01 Å². The number of hydrazone groups is 1. The second kappa shape index (κ2) is 5.95. The van der Waals surface area contributed by atoms with E-state index >= 15 is 0 Å². The number of aliphatic hydroxyl groups is 1. The van der Waals surface area contributed by atoms with Crippen LogP contribution in [-0.2, 0) is 5.72 Å². The van der Waals surface area contributed by atoms with Crippen LogP contribution in [0.1, 0.15) is 17.5 Å². The van der Waals surface area contributed by atoms with Crippen LogP contribution in [0.3, 0.4) is 0 Å². The third kappa shape index (κ3) is 2.49. The fourth-order valence-electron chi connectivity index (χ4n) is 3.11. The van der Waals surface area contributed by atoms with Crippen LogP contribution in [0.25, 0.3) is 0 Å². The Labute approximate surface area is 141 Å². The lowest BCUT2D eigenvalue weighted by atomic mass is 9.94. The fourth-order valence-corrected chi connectivity index (χ4v) is 3.11. The summed E-state index contributed by atoms with van der Waals surface area (Å²) < 4.78 is 0. The number of hydrogen-bond acceptors (Lipinski definition) is 3. The average Bonchev–Trinajstić information content (AvgIpc) is 3.03. The molecule has 1 heterocycles. The van der Waals surface area contributed by atoms with Gasteiger partial charge in [-0.15, -0.1) is 0 Å². The number of hydrogen-bond donors (Lipinski definition) is 1. The number of rotatable bonds is 3. The Balaban J connectivity index is 1.82. The molecule has 24 heavy (non-hydrogen) atoms. The van der Waals surface area contributed by atoms with E-state index in [4.69, 9.17) is 5.10 Å². The van der Waals surface area contributed by atoms with Gasteiger partial charge in [0.25, 0.3) is 0 Å². The van der Waals surface area contributed by atoms with Gasteiger partial charge in [-0.05, 0) is 17.7 Å². The van der Waals surface area contributed by atoms with Crippen molar-refractivity contribution in [3.63, 3.8) is 0 Å². The maximum atomic E-state index is 11.5. The molecule has 3 aromatic carbocycles. The average molecular weight is 314 g/mol. The smallest absolute Gasteiger partial charge is 0.190 e. The van der Waals surface area contributed by atoms with E-state index in [1.54, 1.807) is 5.01 Å². The van der Waals surface area contributed by atoms with Crippen molar-refractivity contribution >= 4 is 11.4 Å². The highest BCUT2D eigenvalue weighted by atomic mass is 16.3. The highest BCUT2D eigenvalue weighted by Crippen LogP contribution is 2.39. The molecule has 1 aliphatic rings. The third-order valence-electron chi connectivity index (χ3n) is 4.33. The summed E-state index contributed by atoms with van der Waals surface area (Å²) in [6.07, 6.45) is 0.440. The Morgan fingerprint density at radius 1 is 0.750 bits per heavy atom. The molecule has 1 atom stereocenters. The van der Waals surface area contributed by atoms with Crippen molar-refractivity contribution < 1.29 is 5.11 Å². The van der Waals surface area contributed by atoms with Gasteiger partial charge in [-0.25, -0.2) is 5.01 Å². The van der Waals surface area contributed by atoms with Crippen LogP contribution in [-0.4, -0.2) is 10.8 Å². The molecule has 0 saturated carbocycles. The Morgan fingerprint density at radius 3 is 1.92 bits per heavy atom. The molecule has 1 aliphatic heterocycles. The van der Waals surface area contributed by atoms with Crippen molar-refractivity contribution in [2.24, 2.45) is 5.10 Å². The summed E-state index contributed by atoms with van der Waals surface area (Å²) >= 11 is 0. The van der Waals surface area contributed by atoms with Gasteiger partial charge in [0.1, 0.15) is 0 Å². The zero-order valence-corrected chi connectivity index (χ0v) is 13.2. The van der Waals surface area contributed by atoms with Gasteiger partial charge in [0.05, 0.1) is 11.4 Å². The van der Waals surface area contributed by atoms with Gasteiger partial charge in [-0.1, -0.05) is 78.9 Å². The Kier molecular flexibility index (Phi) is 3.63. The summed E-state index contributed by atoms with van der Waals surface area (Å²) in [4.78, 5) is 0. The predicted octanol–water partition coefficient (Wildman–Crippen LogP) is 4.15. The van der Waals surface area contributed by atoms with Crippen molar-refractivity contribution in [2.45, 2.75) is 12.1 Å². The predicted molar refractivity (Wildman–Crippen MR) is 96.9 cm³/mol. The summed E-state index contributed by atoms with van der Waals surface area (Å²) in [6.45, 7) is 0. The molecule has 0 fully saturated rings. The lowest BCUT2D eigenvalue weighted by Crippen LogP contribution is -2.40. The van der Waals surface area contributed by atoms with Crippen LogP contribution >= 0.6 is 0 Å². The normalized spacial score (nSPS) is 20.0. The minimum absolute atomic E-state index is 0.440. The molecular weight excluding hydrogens is 296 g/mol. The largest absolute Gasteiger partial charge is 0.365 e. The van der Waals surface area contributed by atoms with Gasteiger partial charge in [0.15, 0.2) is 5.72 Å². The molecule has 3 aromatic rings. The first-order valence-corrected chi connectivity index (χ1v) is 8.03. The number of anilines is 1. The molecule has 0 bridgehead atoms. The van der Waals surface area contributed by atoms with Crippen LogP contribution in [0.2, 0.25) is 0 Å². The van der Waals surface area contributed by atoms with E-state index < -0.39 is 5.72 Å². The summed E-state index contributed by atoms with van der Waals surface area (Å²) in [5, 5.41) is 18.0. The number of para-hydroxylation sites is 1. The van der Waals surface area contributed by atoms with E-state index in [9.17, 15) is 5.11 Å². The molecule has 0 aliphatic carbocycles. The molecule has 1 N–H and O–H groups in total. The molecule has 4 rings (SSSR count). The molecule has 3 heteroatoms. The van der Waals surface area contributed by atoms with E-state index in [2.05, 4.69) is 0 Å². The van der Waals surface area contributed by atoms with Gasteiger partial charge < -0.3 is 5.11 Å². The molecule has 3 nitrogen and oxygen atoms in total. The topological polar surface area (TPSA) is 35.8 Å². The highest BCUT2D eigenvalue weighted by molar-refractivity contribution is 6.03. The lowest BCUT2D eigenvalue weighted by Gasteiger charge is -2.33. The summed E-state index contributed by atoms with van der Waals surface area (Å²) in [5.41, 5.74) is 2.43. The maximum absolute atomic E-state index is 11.5. The molecule has 0 amide bonds. The molecular formula is C21H18N2O. The van der Waals surface area contributed by atoms with Crippen LogP contribution in [0.15, 0.2) is 96.1 Å². The second-order valence-electron chi connectivity index (χ2n) is 5.92. The van der Waals surface area contributed by atoms with Gasteiger partial charge >= 0.3 is 0 Å². The monoisotopic (exact) mass is 314 g/mol. The van der Waals surface area contributed by atoms with Crippen molar-refractivity contribution in [3.8, 4) is 0 Å². The third-order valence-corrected chi connectivity index (χ3v) is 4.33. The van der Waals surface area contributed by atoms with Gasteiger partial charge in [-0.2, -0.15) is 5.10 Å². The standard InChI is InChI=1S/C21H18N2O/c24-21(18-12-6-2-7-13-18)16-20(17-10-4-1-5-11-17)22-23(21)19-14-8-3-9-15-19/h1-15,24H,16H2. The van der Waals surface area contributed by atoms with E-state index in [0.29, 0.717) is 6.42 Å². The van der Waals surface area contributed by atoms with E-state index in [-0.39, 0.29) is 0 Å². The zero-order chi connectivity index (χ0) is 16.4. The first kappa shape index (κ1) is 14.7. The first-order chi connectivity index (χ1) is 11.8. The highest BCUT2D eigenvalue weighted by Gasteiger charge is 2.43. The maximum Gasteiger partial charge on any atom is 0.190 e. The summed E-state index contributed by atoms with van der Waals surface area (Å²) in [7, 11) is 0. The minimum Gasteiger partial charge on any atom is -0.365 e. The summed E-state index contributed by atoms with van der Waals surface area (Å²) in [6, 6.07) is 29.5. The second-order valence-corrected chi connectivity index (χ2v) is 5.92. The molecule has 0 spiro atoms. The van der Waals surface area contributed by atoms with Crippen molar-refractivity contribution in [1.29, 1.82) is 0 Å². The quantitative estimate of drug-likeness (QED) is 0.788. The minimum atomic E-state index is -1.19. The van der Waals surface area contributed by atoms with Gasteiger partial charge in [0.2, 0.25) is 0 Å². The molecule has 118 valence electrons. The Hall–Kier alpha value is -2.91. The van der Waals surface area contributed by atoms with Crippen LogP contribution < -0.4 is 5.01 Å². The van der Waals surface area contributed by atoms with E-state index in [1.165, 1.54) is 0 Å². The number of nitrogens with zero attached hydrogens (tertiary/aromatic N) is 2. The van der Waals surface area contributed by atoms with Crippen molar-refractivity contribution in [1.82, 2.24) is 0 Å². The molecule has 1 unspecified atom stereocenters. The van der Waals surface area contributed by atoms with Gasteiger partial charge in [0, 0.05) is 12.0 Å². The lowest BCUT2D eigenvalue weighted by molar-refractivity contribution is 0.0494.